The van der Waals surface area contributed by atoms with Crippen LogP contribution < -0.4 is 11.1 Å². The number of carbonyl (C=O) groups is 1. The second-order valence-electron chi connectivity index (χ2n) is 6.06. The first-order valence-electron chi connectivity index (χ1n) is 7.24. The summed E-state index contributed by atoms with van der Waals surface area (Å²) in [7, 11) is 0. The van der Waals surface area contributed by atoms with Crippen LogP contribution in [0.4, 0.5) is 4.39 Å². The molecule has 1 aliphatic rings. The third-order valence-corrected chi connectivity index (χ3v) is 4.07. The zero-order valence-corrected chi connectivity index (χ0v) is 12.2. The molecule has 0 aliphatic carbocycles. The van der Waals surface area contributed by atoms with Gasteiger partial charge in [0, 0.05) is 24.3 Å². The first-order chi connectivity index (χ1) is 9.93. The fourth-order valence-corrected chi connectivity index (χ4v) is 3.04. The highest BCUT2D eigenvalue weighted by atomic mass is 19.1. The average Bonchev–Trinajstić information content (AvgIpc) is 2.77. The molecule has 1 aromatic rings. The zero-order valence-electron chi connectivity index (χ0n) is 12.2. The number of aromatic nitrogens is 1. The molecular weight excluding hydrogens is 273 g/mol. The van der Waals surface area contributed by atoms with Gasteiger partial charge >= 0.3 is 0 Å². The summed E-state index contributed by atoms with van der Waals surface area (Å²) in [6.45, 7) is 3.21. The van der Waals surface area contributed by atoms with E-state index in [0.717, 1.165) is 25.8 Å². The van der Waals surface area contributed by atoms with Crippen molar-refractivity contribution < 1.29 is 14.3 Å². The molecule has 4 N–H and O–H groups in total. The molecule has 1 saturated heterocycles. The zero-order chi connectivity index (χ0) is 15.5. The van der Waals surface area contributed by atoms with Gasteiger partial charge in [-0.25, -0.2) is 4.98 Å². The molecular formula is C15H22FN3O2. The molecule has 1 aliphatic heterocycles. The standard InChI is InChI=1S/C15H22FN3O2/c1-15(7-10(9-18-15)3-2-6-20)8-11-4-5-12(14(17)21)13(16)19-11/h4-5,10,18,20H,2-3,6-9H2,1H3,(H2,17,21)/t10-,15?/m0/s1. The van der Waals surface area contributed by atoms with Crippen LogP contribution in [0.25, 0.3) is 0 Å². The number of hydrogen-bond donors (Lipinski definition) is 3. The maximum Gasteiger partial charge on any atom is 0.253 e. The number of nitrogens with zero attached hydrogens (tertiary/aromatic N) is 1. The number of carbonyl (C=O) groups excluding carboxylic acids is 1. The molecule has 0 saturated carbocycles. The van der Waals surface area contributed by atoms with E-state index in [-0.39, 0.29) is 17.7 Å². The SMILES string of the molecule is CC1(Cc2ccc(C(N)=O)c(F)n2)C[C@H](CCCO)CN1. The van der Waals surface area contributed by atoms with Crippen molar-refractivity contribution in [2.24, 2.45) is 11.7 Å². The highest BCUT2D eigenvalue weighted by Gasteiger charge is 2.34. The van der Waals surface area contributed by atoms with E-state index in [1.54, 1.807) is 6.07 Å². The number of nitrogens with one attached hydrogen (secondary N) is 1. The molecule has 1 unspecified atom stereocenters. The monoisotopic (exact) mass is 295 g/mol. The van der Waals surface area contributed by atoms with Gasteiger partial charge in [-0.15, -0.1) is 0 Å². The number of halogens is 1. The summed E-state index contributed by atoms with van der Waals surface area (Å²) in [5.41, 5.74) is 5.37. The lowest BCUT2D eigenvalue weighted by molar-refractivity contribution is 0.0995. The molecule has 21 heavy (non-hydrogen) atoms. The van der Waals surface area contributed by atoms with Gasteiger partial charge in [0.2, 0.25) is 5.95 Å². The molecule has 1 fully saturated rings. The van der Waals surface area contributed by atoms with Crippen LogP contribution in [0.5, 0.6) is 0 Å². The van der Waals surface area contributed by atoms with E-state index in [0.29, 0.717) is 18.0 Å². The number of nitrogens with two attached hydrogens (primary N) is 1. The molecule has 0 aromatic carbocycles. The van der Waals surface area contributed by atoms with Gasteiger partial charge in [0.05, 0.1) is 5.56 Å². The third-order valence-electron chi connectivity index (χ3n) is 4.07. The number of pyridine rings is 1. The Hall–Kier alpha value is -1.53. The second-order valence-corrected chi connectivity index (χ2v) is 6.06. The largest absolute Gasteiger partial charge is 0.396 e. The summed E-state index contributed by atoms with van der Waals surface area (Å²) in [5.74, 6) is -1.09. The molecule has 6 heteroatoms. The van der Waals surface area contributed by atoms with Crippen molar-refractivity contribution in [3.63, 3.8) is 0 Å². The first-order valence-corrected chi connectivity index (χ1v) is 7.24. The fourth-order valence-electron chi connectivity index (χ4n) is 3.04. The van der Waals surface area contributed by atoms with Gasteiger partial charge in [-0.1, -0.05) is 0 Å². The van der Waals surface area contributed by atoms with Crippen LogP contribution in [-0.4, -0.2) is 34.7 Å². The summed E-state index contributed by atoms with van der Waals surface area (Å²) < 4.78 is 13.7. The predicted octanol–water partition coefficient (Wildman–Crippen LogP) is 1.00. The van der Waals surface area contributed by atoms with Crippen molar-refractivity contribution in [2.75, 3.05) is 13.2 Å². The van der Waals surface area contributed by atoms with Crippen LogP contribution in [0.2, 0.25) is 0 Å². The summed E-state index contributed by atoms with van der Waals surface area (Å²) in [6.07, 6.45) is 3.36. The quantitative estimate of drug-likeness (QED) is 0.683. The third kappa shape index (κ3) is 3.98. The fraction of sp³-hybridized carbons (Fsp3) is 0.600. The van der Waals surface area contributed by atoms with Crippen molar-refractivity contribution in [3.05, 3.63) is 29.3 Å². The van der Waals surface area contributed by atoms with E-state index in [4.69, 9.17) is 10.8 Å². The Morgan fingerprint density at radius 2 is 2.38 bits per heavy atom. The summed E-state index contributed by atoms with van der Waals surface area (Å²) in [4.78, 5) is 14.8. The van der Waals surface area contributed by atoms with Crippen LogP contribution in [-0.2, 0) is 6.42 Å². The van der Waals surface area contributed by atoms with Gasteiger partial charge in [-0.3, -0.25) is 4.79 Å². The van der Waals surface area contributed by atoms with Crippen molar-refractivity contribution in [2.45, 2.75) is 38.1 Å². The van der Waals surface area contributed by atoms with Crippen molar-refractivity contribution in [1.29, 1.82) is 0 Å². The van der Waals surface area contributed by atoms with Gasteiger partial charge < -0.3 is 16.2 Å². The molecule has 0 radical (unpaired) electrons. The highest BCUT2D eigenvalue weighted by Crippen LogP contribution is 2.29. The van der Waals surface area contributed by atoms with Crippen molar-refractivity contribution in [3.8, 4) is 0 Å². The number of aliphatic hydroxyl groups excluding tert-OH is 1. The van der Waals surface area contributed by atoms with Gasteiger partial charge in [0.15, 0.2) is 0 Å². The Morgan fingerprint density at radius 3 is 3.00 bits per heavy atom. The number of aliphatic hydroxyl groups is 1. The second kappa shape index (κ2) is 6.49. The predicted molar refractivity (Wildman–Crippen MR) is 77.3 cm³/mol. The molecule has 1 amide bonds. The Balaban J connectivity index is 2.01. The molecule has 2 rings (SSSR count). The maximum absolute atomic E-state index is 13.7. The van der Waals surface area contributed by atoms with E-state index in [9.17, 15) is 9.18 Å². The lowest BCUT2D eigenvalue weighted by Crippen LogP contribution is -2.38. The minimum Gasteiger partial charge on any atom is -0.396 e. The van der Waals surface area contributed by atoms with Gasteiger partial charge in [-0.2, -0.15) is 4.39 Å². The summed E-state index contributed by atoms with van der Waals surface area (Å²) in [6, 6.07) is 3.04. The van der Waals surface area contributed by atoms with Gasteiger partial charge in [0.1, 0.15) is 0 Å². The molecule has 0 bridgehead atoms. The minimum atomic E-state index is -0.807. The maximum atomic E-state index is 13.7. The highest BCUT2D eigenvalue weighted by molar-refractivity contribution is 5.92. The molecule has 1 aromatic heterocycles. The van der Waals surface area contributed by atoms with Crippen LogP contribution >= 0.6 is 0 Å². The van der Waals surface area contributed by atoms with E-state index >= 15 is 0 Å². The van der Waals surface area contributed by atoms with E-state index in [1.807, 2.05) is 0 Å². The number of primary amides is 1. The van der Waals surface area contributed by atoms with Crippen LogP contribution in [0.15, 0.2) is 12.1 Å². The summed E-state index contributed by atoms with van der Waals surface area (Å²) in [5, 5.41) is 12.3. The van der Waals surface area contributed by atoms with Gasteiger partial charge in [0.25, 0.3) is 5.91 Å². The topological polar surface area (TPSA) is 88.2 Å². The number of amides is 1. The molecule has 2 atom stereocenters. The van der Waals surface area contributed by atoms with Crippen LogP contribution in [0.3, 0.4) is 0 Å². The lowest BCUT2D eigenvalue weighted by Gasteiger charge is -2.24. The molecule has 116 valence electrons. The number of rotatable bonds is 6. The molecule has 5 nitrogen and oxygen atoms in total. The van der Waals surface area contributed by atoms with E-state index in [2.05, 4.69) is 17.2 Å². The Kier molecular flexibility index (Phi) is 4.90. The Morgan fingerprint density at radius 1 is 1.62 bits per heavy atom. The Labute approximate surface area is 123 Å². The molecule has 2 heterocycles. The molecule has 0 spiro atoms. The van der Waals surface area contributed by atoms with E-state index < -0.39 is 11.9 Å². The van der Waals surface area contributed by atoms with Gasteiger partial charge in [-0.05, 0) is 50.8 Å². The minimum absolute atomic E-state index is 0.131. The first kappa shape index (κ1) is 15.9. The number of hydrogen-bond acceptors (Lipinski definition) is 4. The van der Waals surface area contributed by atoms with Crippen LogP contribution in [0, 0.1) is 11.9 Å². The smallest absolute Gasteiger partial charge is 0.253 e. The normalized spacial score (nSPS) is 25.2. The van der Waals surface area contributed by atoms with E-state index in [1.165, 1.54) is 6.07 Å². The van der Waals surface area contributed by atoms with Crippen molar-refractivity contribution in [1.82, 2.24) is 10.3 Å². The lowest BCUT2D eigenvalue weighted by atomic mass is 9.88. The van der Waals surface area contributed by atoms with Crippen molar-refractivity contribution >= 4 is 5.91 Å². The van der Waals surface area contributed by atoms with Crippen LogP contribution in [0.1, 0.15) is 42.2 Å². The summed E-state index contributed by atoms with van der Waals surface area (Å²) >= 11 is 0. The average molecular weight is 295 g/mol. The Bertz CT molecular complexity index is 524.